The van der Waals surface area contributed by atoms with Gasteiger partial charge in [0.2, 0.25) is 0 Å². The van der Waals surface area contributed by atoms with E-state index >= 15 is 0 Å². The van der Waals surface area contributed by atoms with Crippen LogP contribution in [-0.2, 0) is 0 Å². The molecule has 0 bridgehead atoms. The lowest BCUT2D eigenvalue weighted by Crippen LogP contribution is -2.45. The van der Waals surface area contributed by atoms with Gasteiger partial charge in [-0.1, -0.05) is 20.8 Å². The average molecular weight is 292 g/mol. The Kier molecular flexibility index (Phi) is 5.26. The van der Waals surface area contributed by atoms with Crippen molar-refractivity contribution in [3.8, 4) is 0 Å². The molecule has 1 fully saturated rings. The third-order valence-corrected chi connectivity index (χ3v) is 4.86. The fourth-order valence-corrected chi connectivity index (χ4v) is 3.61. The molecule has 3 heteroatoms. The Morgan fingerprint density at radius 3 is 2.57 bits per heavy atom. The maximum Gasteiger partial charge on any atom is 0.123 e. The highest BCUT2D eigenvalue weighted by Gasteiger charge is 2.41. The summed E-state index contributed by atoms with van der Waals surface area (Å²) in [6.07, 6.45) is 3.71. The van der Waals surface area contributed by atoms with E-state index in [1.54, 1.807) is 0 Å². The Bertz CT molecular complexity index is 441. The minimum absolute atomic E-state index is 0.170. The second kappa shape index (κ2) is 6.78. The summed E-state index contributed by atoms with van der Waals surface area (Å²) >= 11 is 0. The third kappa shape index (κ3) is 3.97. The van der Waals surface area contributed by atoms with Crippen LogP contribution in [0.4, 0.5) is 10.1 Å². The van der Waals surface area contributed by atoms with Crippen LogP contribution in [0.1, 0.15) is 40.0 Å². The Labute approximate surface area is 128 Å². The van der Waals surface area contributed by atoms with Crippen LogP contribution < -0.4 is 10.2 Å². The molecule has 0 radical (unpaired) electrons. The van der Waals surface area contributed by atoms with E-state index in [4.69, 9.17) is 0 Å². The molecule has 118 valence electrons. The number of hydrogen-bond donors (Lipinski definition) is 1. The molecule has 2 rings (SSSR count). The molecule has 0 spiro atoms. The van der Waals surface area contributed by atoms with E-state index in [1.165, 1.54) is 31.4 Å². The van der Waals surface area contributed by atoms with Crippen LogP contribution >= 0.6 is 0 Å². The molecule has 2 atom stereocenters. The van der Waals surface area contributed by atoms with Crippen molar-refractivity contribution in [2.75, 3.05) is 25.0 Å². The van der Waals surface area contributed by atoms with Crippen molar-refractivity contribution in [3.05, 3.63) is 30.1 Å². The van der Waals surface area contributed by atoms with Crippen LogP contribution in [0.2, 0.25) is 0 Å². The Morgan fingerprint density at radius 2 is 1.95 bits per heavy atom. The van der Waals surface area contributed by atoms with Crippen molar-refractivity contribution in [1.82, 2.24) is 5.32 Å². The minimum atomic E-state index is -0.170. The van der Waals surface area contributed by atoms with Crippen molar-refractivity contribution < 1.29 is 4.39 Å². The van der Waals surface area contributed by atoms with E-state index in [2.05, 4.69) is 38.0 Å². The zero-order valence-corrected chi connectivity index (χ0v) is 13.8. The summed E-state index contributed by atoms with van der Waals surface area (Å²) in [6.45, 7) is 9.08. The van der Waals surface area contributed by atoms with Crippen LogP contribution in [0.5, 0.6) is 0 Å². The first-order valence-electron chi connectivity index (χ1n) is 8.14. The lowest BCUT2D eigenvalue weighted by Gasteiger charge is -2.34. The van der Waals surface area contributed by atoms with E-state index in [9.17, 15) is 4.39 Å². The lowest BCUT2D eigenvalue weighted by atomic mass is 9.84. The van der Waals surface area contributed by atoms with Gasteiger partial charge in [-0.2, -0.15) is 0 Å². The molecule has 2 nitrogen and oxygen atoms in total. The predicted molar refractivity (Wildman–Crippen MR) is 88.3 cm³/mol. The van der Waals surface area contributed by atoms with Crippen LogP contribution in [0.15, 0.2) is 24.3 Å². The molecular formula is C18H29FN2. The van der Waals surface area contributed by atoms with Gasteiger partial charge in [-0.25, -0.2) is 4.39 Å². The predicted octanol–water partition coefficient (Wildman–Crippen LogP) is 4.07. The molecule has 0 amide bonds. The Hall–Kier alpha value is -1.09. The second-order valence-electron chi connectivity index (χ2n) is 7.08. The van der Waals surface area contributed by atoms with Crippen molar-refractivity contribution >= 4 is 5.69 Å². The normalized spacial score (nSPS) is 24.2. The number of nitrogens with one attached hydrogen (secondary N) is 1. The highest BCUT2D eigenvalue weighted by Crippen LogP contribution is 2.41. The first-order valence-corrected chi connectivity index (χ1v) is 8.14. The van der Waals surface area contributed by atoms with Gasteiger partial charge in [0.1, 0.15) is 5.82 Å². The average Bonchev–Trinajstić information content (AvgIpc) is 2.72. The van der Waals surface area contributed by atoms with Crippen LogP contribution in [-0.4, -0.2) is 26.2 Å². The molecule has 0 aliphatic heterocycles. The van der Waals surface area contributed by atoms with Gasteiger partial charge in [0.25, 0.3) is 0 Å². The third-order valence-electron chi connectivity index (χ3n) is 4.86. The van der Waals surface area contributed by atoms with E-state index in [-0.39, 0.29) is 5.82 Å². The van der Waals surface area contributed by atoms with Gasteiger partial charge in [-0.15, -0.1) is 0 Å². The first-order chi connectivity index (χ1) is 9.94. The van der Waals surface area contributed by atoms with Crippen molar-refractivity contribution in [2.45, 2.75) is 46.1 Å². The SMILES string of the molecule is CCCNC1C(CN(C)c2ccc(F)cc2)CCC1(C)C. The van der Waals surface area contributed by atoms with E-state index in [0.717, 1.165) is 18.8 Å². The van der Waals surface area contributed by atoms with Crippen molar-refractivity contribution in [3.63, 3.8) is 0 Å². The highest BCUT2D eigenvalue weighted by atomic mass is 19.1. The number of hydrogen-bond acceptors (Lipinski definition) is 2. The smallest absolute Gasteiger partial charge is 0.123 e. The lowest BCUT2D eigenvalue weighted by molar-refractivity contribution is 0.250. The summed E-state index contributed by atoms with van der Waals surface area (Å²) in [4.78, 5) is 2.26. The highest BCUT2D eigenvalue weighted by molar-refractivity contribution is 5.45. The molecule has 0 saturated heterocycles. The van der Waals surface area contributed by atoms with Gasteiger partial charge in [0, 0.05) is 25.3 Å². The number of rotatable bonds is 6. The monoisotopic (exact) mass is 292 g/mol. The molecule has 1 aliphatic rings. The van der Waals surface area contributed by atoms with Crippen LogP contribution in [0.25, 0.3) is 0 Å². The van der Waals surface area contributed by atoms with E-state index in [1.807, 2.05) is 12.1 Å². The number of nitrogens with zero attached hydrogens (tertiary/aromatic N) is 1. The van der Waals surface area contributed by atoms with Gasteiger partial charge < -0.3 is 10.2 Å². The summed E-state index contributed by atoms with van der Waals surface area (Å²) in [7, 11) is 2.11. The fourth-order valence-electron chi connectivity index (χ4n) is 3.61. The zero-order valence-electron chi connectivity index (χ0n) is 13.8. The molecule has 0 aromatic heterocycles. The van der Waals surface area contributed by atoms with E-state index in [0.29, 0.717) is 17.4 Å². The standard InChI is InChI=1S/C18H29FN2/c1-5-12-20-17-14(10-11-18(17,2)3)13-21(4)16-8-6-15(19)7-9-16/h6-9,14,17,20H,5,10-13H2,1-4H3. The maximum absolute atomic E-state index is 13.0. The van der Waals surface area contributed by atoms with Crippen LogP contribution in [0, 0.1) is 17.2 Å². The summed E-state index contributed by atoms with van der Waals surface area (Å²) in [5.41, 5.74) is 1.46. The molecule has 1 aromatic rings. The summed E-state index contributed by atoms with van der Waals surface area (Å²) < 4.78 is 13.0. The molecule has 1 aromatic carbocycles. The molecular weight excluding hydrogens is 263 g/mol. The zero-order chi connectivity index (χ0) is 15.5. The minimum Gasteiger partial charge on any atom is -0.374 e. The molecule has 1 N–H and O–H groups in total. The molecule has 1 saturated carbocycles. The number of anilines is 1. The summed E-state index contributed by atoms with van der Waals surface area (Å²) in [6, 6.07) is 7.38. The van der Waals surface area contributed by atoms with E-state index < -0.39 is 0 Å². The Balaban J connectivity index is 2.01. The molecule has 2 unspecified atom stereocenters. The largest absolute Gasteiger partial charge is 0.374 e. The first kappa shape index (κ1) is 16.3. The topological polar surface area (TPSA) is 15.3 Å². The molecule has 0 heterocycles. The van der Waals surface area contributed by atoms with Crippen molar-refractivity contribution in [1.29, 1.82) is 0 Å². The van der Waals surface area contributed by atoms with Gasteiger partial charge >= 0.3 is 0 Å². The van der Waals surface area contributed by atoms with Gasteiger partial charge in [-0.05, 0) is 61.4 Å². The quantitative estimate of drug-likeness (QED) is 0.850. The van der Waals surface area contributed by atoms with Gasteiger partial charge in [0.15, 0.2) is 0 Å². The van der Waals surface area contributed by atoms with Gasteiger partial charge in [-0.3, -0.25) is 0 Å². The second-order valence-corrected chi connectivity index (χ2v) is 7.08. The fraction of sp³-hybridized carbons (Fsp3) is 0.667. The number of benzene rings is 1. The summed E-state index contributed by atoms with van der Waals surface area (Å²) in [5.74, 6) is 0.484. The molecule has 21 heavy (non-hydrogen) atoms. The van der Waals surface area contributed by atoms with Crippen molar-refractivity contribution in [2.24, 2.45) is 11.3 Å². The van der Waals surface area contributed by atoms with Crippen LogP contribution in [0.3, 0.4) is 0 Å². The number of halogens is 1. The van der Waals surface area contributed by atoms with Gasteiger partial charge in [0.05, 0.1) is 0 Å². The summed E-state index contributed by atoms with van der Waals surface area (Å²) in [5, 5.41) is 3.75. The maximum atomic E-state index is 13.0. The Morgan fingerprint density at radius 1 is 1.29 bits per heavy atom. The molecule has 1 aliphatic carbocycles.